The summed E-state index contributed by atoms with van der Waals surface area (Å²) in [6.07, 6.45) is 2.44. The number of pyridine rings is 1. The zero-order valence-electron chi connectivity index (χ0n) is 19.1. The Morgan fingerprint density at radius 1 is 1.35 bits per heavy atom. The lowest BCUT2D eigenvalue weighted by molar-refractivity contribution is -0.127. The van der Waals surface area contributed by atoms with Gasteiger partial charge >= 0.3 is 6.61 Å². The van der Waals surface area contributed by atoms with Gasteiger partial charge < -0.3 is 10.1 Å². The number of rotatable bonds is 6. The first kappa shape index (κ1) is 24.5. The van der Waals surface area contributed by atoms with Crippen molar-refractivity contribution in [2.75, 3.05) is 11.5 Å². The molecule has 0 aromatic carbocycles. The zero-order chi connectivity index (χ0) is 24.8. The van der Waals surface area contributed by atoms with Crippen LogP contribution >= 0.6 is 0 Å². The average Bonchev–Trinajstić information content (AvgIpc) is 3.25. The summed E-state index contributed by atoms with van der Waals surface area (Å²) in [4.78, 5) is 16.6. The van der Waals surface area contributed by atoms with E-state index in [2.05, 4.69) is 20.1 Å². The first-order chi connectivity index (χ1) is 15.9. The van der Waals surface area contributed by atoms with Gasteiger partial charge in [-0.15, -0.1) is 0 Å². The monoisotopic (exact) mass is 500 g/mol. The van der Waals surface area contributed by atoms with Crippen LogP contribution < -0.4 is 10.1 Å². The minimum absolute atomic E-state index is 0.00729. The lowest BCUT2D eigenvalue weighted by Gasteiger charge is -2.29. The van der Waals surface area contributed by atoms with E-state index >= 15 is 0 Å². The second kappa shape index (κ2) is 8.86. The van der Waals surface area contributed by atoms with Crippen LogP contribution in [0.5, 0.6) is 5.88 Å². The Labute approximate surface area is 195 Å². The van der Waals surface area contributed by atoms with Crippen LogP contribution in [0.1, 0.15) is 50.9 Å². The highest BCUT2D eigenvalue weighted by molar-refractivity contribution is 7.91. The van der Waals surface area contributed by atoms with Crippen molar-refractivity contribution in [3.63, 3.8) is 0 Å². The first-order valence-corrected chi connectivity index (χ1v) is 12.9. The van der Waals surface area contributed by atoms with Gasteiger partial charge in [-0.3, -0.25) is 9.48 Å². The maximum atomic E-state index is 14.6. The Kier molecular flexibility index (Phi) is 6.38. The summed E-state index contributed by atoms with van der Waals surface area (Å²) < 4.78 is 69.7. The van der Waals surface area contributed by atoms with Gasteiger partial charge in [0.2, 0.25) is 11.8 Å². The summed E-state index contributed by atoms with van der Waals surface area (Å²) in [5.41, 5.74) is 1.05. The van der Waals surface area contributed by atoms with Gasteiger partial charge in [-0.1, -0.05) is 0 Å². The molecular formula is C22H27F3N4O4S. The van der Waals surface area contributed by atoms with E-state index in [9.17, 15) is 26.4 Å². The number of carbonyl (C=O) groups is 1. The third-order valence-corrected chi connectivity index (χ3v) is 8.29. The van der Waals surface area contributed by atoms with Gasteiger partial charge in [0.25, 0.3) is 0 Å². The number of aromatic nitrogens is 3. The normalized spacial score (nSPS) is 23.8. The van der Waals surface area contributed by atoms with Crippen molar-refractivity contribution in [1.29, 1.82) is 0 Å². The number of alkyl halides is 2. The molecule has 8 nitrogen and oxygen atoms in total. The molecule has 2 aromatic heterocycles. The highest BCUT2D eigenvalue weighted by Gasteiger charge is 2.41. The van der Waals surface area contributed by atoms with E-state index in [1.807, 2.05) is 13.8 Å². The number of ether oxygens (including phenoxy) is 1. The van der Waals surface area contributed by atoms with E-state index in [1.165, 1.54) is 0 Å². The van der Waals surface area contributed by atoms with Gasteiger partial charge in [0.15, 0.2) is 15.7 Å². The largest absolute Gasteiger partial charge is 0.417 e. The minimum atomic E-state index is -3.17. The number of nitrogens with zero attached hydrogens (tertiary/aromatic N) is 3. The molecule has 2 aliphatic rings. The number of fused-ring (bicyclic) bond motifs is 1. The topological polar surface area (TPSA) is 103 Å². The maximum Gasteiger partial charge on any atom is 0.388 e. The molecule has 1 fully saturated rings. The molecule has 1 amide bonds. The van der Waals surface area contributed by atoms with Crippen molar-refractivity contribution in [3.05, 3.63) is 29.3 Å². The fourth-order valence-electron chi connectivity index (χ4n) is 4.77. The molecule has 1 N–H and O–H groups in total. The number of amides is 1. The number of hydrogen-bond donors (Lipinski definition) is 1. The minimum Gasteiger partial charge on any atom is -0.417 e. The molecule has 2 atom stereocenters. The second-order valence-electron chi connectivity index (χ2n) is 9.52. The van der Waals surface area contributed by atoms with Gasteiger partial charge in [0, 0.05) is 41.3 Å². The second-order valence-corrected chi connectivity index (χ2v) is 11.7. The summed E-state index contributed by atoms with van der Waals surface area (Å²) in [7, 11) is -3.17. The molecular weight excluding hydrogens is 473 g/mol. The van der Waals surface area contributed by atoms with Gasteiger partial charge in [-0.25, -0.2) is 17.8 Å². The Hall–Kier alpha value is -2.63. The number of carbonyl (C=O) groups excluding carboxylic acids is 1. The Bertz CT molecular complexity index is 1210. The Morgan fingerprint density at radius 3 is 2.71 bits per heavy atom. The van der Waals surface area contributed by atoms with E-state index in [0.29, 0.717) is 31.4 Å². The molecule has 0 spiro atoms. The van der Waals surface area contributed by atoms with Crippen LogP contribution in [0, 0.1) is 11.7 Å². The first-order valence-electron chi connectivity index (χ1n) is 11.1. The van der Waals surface area contributed by atoms with Crippen LogP contribution in [0.25, 0.3) is 11.3 Å². The predicted molar refractivity (Wildman–Crippen MR) is 118 cm³/mol. The maximum absolute atomic E-state index is 14.6. The molecule has 34 heavy (non-hydrogen) atoms. The van der Waals surface area contributed by atoms with E-state index in [4.69, 9.17) is 0 Å². The molecule has 0 saturated carbocycles. The smallest absolute Gasteiger partial charge is 0.388 e. The molecule has 1 saturated heterocycles. The molecule has 0 unspecified atom stereocenters. The highest BCUT2D eigenvalue weighted by Crippen LogP contribution is 2.37. The lowest BCUT2D eigenvalue weighted by Crippen LogP contribution is -2.50. The van der Waals surface area contributed by atoms with Crippen LogP contribution in [-0.4, -0.2) is 52.7 Å². The highest BCUT2D eigenvalue weighted by atomic mass is 32.2. The van der Waals surface area contributed by atoms with Gasteiger partial charge in [-0.2, -0.15) is 13.9 Å². The van der Waals surface area contributed by atoms with Crippen LogP contribution in [0.2, 0.25) is 0 Å². The molecule has 0 radical (unpaired) electrons. The van der Waals surface area contributed by atoms with Crippen molar-refractivity contribution in [1.82, 2.24) is 20.1 Å². The molecule has 3 heterocycles. The average molecular weight is 501 g/mol. The molecule has 1 aliphatic heterocycles. The van der Waals surface area contributed by atoms with E-state index in [-0.39, 0.29) is 29.0 Å². The quantitative estimate of drug-likeness (QED) is 0.654. The fraction of sp³-hybridized carbons (Fsp3) is 0.591. The summed E-state index contributed by atoms with van der Waals surface area (Å²) in [5.74, 6) is -1.76. The third kappa shape index (κ3) is 4.91. The predicted octanol–water partition coefficient (Wildman–Crippen LogP) is 3.06. The summed E-state index contributed by atoms with van der Waals surface area (Å²) >= 11 is 0. The van der Waals surface area contributed by atoms with Crippen LogP contribution in [0.3, 0.4) is 0 Å². The van der Waals surface area contributed by atoms with Crippen LogP contribution in [-0.2, 0) is 27.5 Å². The van der Waals surface area contributed by atoms with Crippen molar-refractivity contribution in [3.8, 4) is 17.1 Å². The van der Waals surface area contributed by atoms with Crippen LogP contribution in [0.15, 0.2) is 12.3 Å². The Balaban J connectivity index is 1.63. The number of hydrogen-bond acceptors (Lipinski definition) is 6. The van der Waals surface area contributed by atoms with Crippen molar-refractivity contribution in [2.45, 2.75) is 64.6 Å². The van der Waals surface area contributed by atoms with Gasteiger partial charge in [-0.05, 0) is 40.0 Å². The van der Waals surface area contributed by atoms with E-state index < -0.39 is 39.6 Å². The molecule has 1 aliphatic carbocycles. The van der Waals surface area contributed by atoms with E-state index in [1.54, 1.807) is 11.6 Å². The SMILES string of the molecule is CC(C)n1nc(-c2cc(OC(F)F)ncc2F)c2c1C[C@H](C(=O)N[C@@]1(C)CCS(=O)(=O)C1)CC2. The summed E-state index contributed by atoms with van der Waals surface area (Å²) in [6, 6.07) is 1.01. The molecule has 2 aromatic rings. The number of nitrogens with one attached hydrogen (secondary N) is 1. The lowest BCUT2D eigenvalue weighted by atomic mass is 9.84. The third-order valence-electron chi connectivity index (χ3n) is 6.38. The molecule has 0 bridgehead atoms. The molecule has 186 valence electrons. The van der Waals surface area contributed by atoms with Gasteiger partial charge in [0.1, 0.15) is 0 Å². The van der Waals surface area contributed by atoms with Crippen molar-refractivity contribution in [2.24, 2.45) is 5.92 Å². The van der Waals surface area contributed by atoms with Crippen molar-refractivity contribution >= 4 is 15.7 Å². The number of sulfone groups is 1. The molecule has 4 rings (SSSR count). The van der Waals surface area contributed by atoms with Crippen molar-refractivity contribution < 1.29 is 31.1 Å². The number of halogens is 3. The fourth-order valence-corrected chi connectivity index (χ4v) is 6.86. The summed E-state index contributed by atoms with van der Waals surface area (Å²) in [5, 5.41) is 7.50. The standard InChI is InChI=1S/C22H27F3N4O4S/c1-12(2)29-17-8-13(20(30)27-22(3)6-7-34(31,32)11-22)4-5-14(17)19(28-29)15-9-18(33-21(24)25)26-10-16(15)23/h9-10,12-13,21H,4-8,11H2,1-3H3,(H,27,30)/t13-,22+/m1/s1. The Morgan fingerprint density at radius 2 is 2.09 bits per heavy atom. The van der Waals surface area contributed by atoms with Gasteiger partial charge in [0.05, 0.1) is 28.9 Å². The zero-order valence-corrected chi connectivity index (χ0v) is 20.0. The van der Waals surface area contributed by atoms with E-state index in [0.717, 1.165) is 23.5 Å². The van der Waals surface area contributed by atoms with Crippen LogP contribution in [0.4, 0.5) is 13.2 Å². The molecule has 12 heteroatoms. The summed E-state index contributed by atoms with van der Waals surface area (Å²) in [6.45, 7) is 2.45.